The Morgan fingerprint density at radius 1 is 0.714 bits per heavy atom. The summed E-state index contributed by atoms with van der Waals surface area (Å²) in [7, 11) is 0. The van der Waals surface area contributed by atoms with Crippen molar-refractivity contribution in [2.45, 2.75) is 54.4 Å². The predicted molar refractivity (Wildman–Crippen MR) is 65.6 cm³/mol. The molecule has 0 aliphatic rings. The van der Waals surface area contributed by atoms with E-state index < -0.39 is 61.0 Å². The molecule has 0 rings (SSSR count). The van der Waals surface area contributed by atoms with Crippen LogP contribution in [0, 0.1) is 0 Å². The first-order valence-corrected chi connectivity index (χ1v) is 6.78. The number of nitrogens with two attached hydrogens (primary N) is 1. The standard InChI is InChI=1S/C12H12F13NO2/c13-7(14,3-1-2-6(28)5(26)4-27)8(15,16)9(17,18)10(19,20)11(21,22)12(23,24)25/h1-2,5-6,27-28H,3-4,26H2/b2-1+/t5-,6+/m0/s1. The van der Waals surface area contributed by atoms with Crippen LogP contribution >= 0.6 is 0 Å². The molecule has 0 amide bonds. The zero-order chi connectivity index (χ0) is 23.0. The third kappa shape index (κ3) is 4.32. The van der Waals surface area contributed by atoms with Crippen molar-refractivity contribution in [1.82, 2.24) is 0 Å². The van der Waals surface area contributed by atoms with Crippen LogP contribution in [0.1, 0.15) is 6.42 Å². The predicted octanol–water partition coefficient (Wildman–Crippen LogP) is 3.35. The minimum Gasteiger partial charge on any atom is -0.395 e. The third-order valence-corrected chi connectivity index (χ3v) is 3.36. The number of allylic oxidation sites excluding steroid dienone is 1. The Kier molecular flexibility index (Phi) is 7.49. The Morgan fingerprint density at radius 3 is 1.46 bits per heavy atom. The summed E-state index contributed by atoms with van der Waals surface area (Å²) in [6.07, 6.45) is -12.1. The highest BCUT2D eigenvalue weighted by molar-refractivity contribution is 5.11. The van der Waals surface area contributed by atoms with Gasteiger partial charge in [-0.05, 0) is 0 Å². The van der Waals surface area contributed by atoms with Gasteiger partial charge in [0.05, 0.1) is 18.8 Å². The average Bonchev–Trinajstić information content (AvgIpc) is 2.51. The van der Waals surface area contributed by atoms with Gasteiger partial charge in [0.15, 0.2) is 0 Å². The lowest BCUT2D eigenvalue weighted by Gasteiger charge is -2.39. The maximum atomic E-state index is 13.3. The first-order chi connectivity index (χ1) is 12.1. The zero-order valence-corrected chi connectivity index (χ0v) is 13.1. The summed E-state index contributed by atoms with van der Waals surface area (Å²) in [5.41, 5.74) is 4.97. The fraction of sp³-hybridized carbons (Fsp3) is 0.833. The van der Waals surface area contributed by atoms with Crippen LogP contribution < -0.4 is 5.73 Å². The first kappa shape index (κ1) is 26.7. The molecule has 0 aromatic heterocycles. The Morgan fingerprint density at radius 2 is 1.11 bits per heavy atom. The molecule has 0 aromatic carbocycles. The van der Waals surface area contributed by atoms with Crippen molar-refractivity contribution in [3.63, 3.8) is 0 Å². The van der Waals surface area contributed by atoms with Crippen molar-refractivity contribution < 1.29 is 67.3 Å². The van der Waals surface area contributed by atoms with Gasteiger partial charge in [0.25, 0.3) is 0 Å². The van der Waals surface area contributed by atoms with Crippen LogP contribution in [0.2, 0.25) is 0 Å². The van der Waals surface area contributed by atoms with E-state index in [9.17, 15) is 57.1 Å². The minimum atomic E-state index is -7.95. The average molecular weight is 449 g/mol. The number of hydrogen-bond donors (Lipinski definition) is 3. The molecule has 4 N–H and O–H groups in total. The van der Waals surface area contributed by atoms with Crippen molar-refractivity contribution in [2.24, 2.45) is 5.73 Å². The monoisotopic (exact) mass is 449 g/mol. The lowest BCUT2D eigenvalue weighted by Crippen LogP contribution is -2.70. The van der Waals surface area contributed by atoms with Gasteiger partial charge in [0.1, 0.15) is 0 Å². The van der Waals surface area contributed by atoms with Crippen LogP contribution in [0.25, 0.3) is 0 Å². The highest BCUT2D eigenvalue weighted by atomic mass is 19.4. The molecule has 0 aliphatic heterocycles. The van der Waals surface area contributed by atoms with Crippen molar-refractivity contribution in [3.8, 4) is 0 Å². The van der Waals surface area contributed by atoms with Gasteiger partial charge >= 0.3 is 35.8 Å². The second-order valence-corrected chi connectivity index (χ2v) is 5.47. The second-order valence-electron chi connectivity index (χ2n) is 5.47. The molecular weight excluding hydrogens is 437 g/mol. The molecule has 0 saturated heterocycles. The summed E-state index contributed by atoms with van der Waals surface area (Å²) in [4.78, 5) is 0. The fourth-order valence-corrected chi connectivity index (χ4v) is 1.54. The summed E-state index contributed by atoms with van der Waals surface area (Å²) < 4.78 is 166. The lowest BCUT2D eigenvalue weighted by atomic mass is 9.92. The molecule has 0 fully saturated rings. The lowest BCUT2D eigenvalue weighted by molar-refractivity contribution is -0.439. The van der Waals surface area contributed by atoms with Gasteiger partial charge in [-0.15, -0.1) is 0 Å². The van der Waals surface area contributed by atoms with Crippen molar-refractivity contribution in [3.05, 3.63) is 12.2 Å². The van der Waals surface area contributed by atoms with Crippen molar-refractivity contribution >= 4 is 0 Å². The SMILES string of the molecule is N[C@@H](CO)[C@H](O)/C=C/CC(F)(F)C(F)(F)C(F)(F)C(F)(F)C(F)(F)C(F)(F)F. The number of hydrogen-bond acceptors (Lipinski definition) is 3. The number of alkyl halides is 13. The van der Waals surface area contributed by atoms with E-state index in [1.807, 2.05) is 0 Å². The maximum absolute atomic E-state index is 13.3. The molecule has 0 aliphatic carbocycles. The van der Waals surface area contributed by atoms with Crippen LogP contribution in [0.4, 0.5) is 57.1 Å². The Hall–Kier alpha value is -1.29. The van der Waals surface area contributed by atoms with E-state index in [-0.39, 0.29) is 12.2 Å². The molecule has 16 heteroatoms. The highest BCUT2D eigenvalue weighted by Gasteiger charge is 2.90. The smallest absolute Gasteiger partial charge is 0.395 e. The van der Waals surface area contributed by atoms with Crippen molar-refractivity contribution in [1.29, 1.82) is 0 Å². The topological polar surface area (TPSA) is 66.5 Å². The van der Waals surface area contributed by atoms with Gasteiger partial charge in [-0.3, -0.25) is 0 Å². The fourth-order valence-electron chi connectivity index (χ4n) is 1.54. The first-order valence-electron chi connectivity index (χ1n) is 6.78. The van der Waals surface area contributed by atoms with Crippen LogP contribution in [-0.2, 0) is 0 Å². The molecular formula is C12H12F13NO2. The molecule has 2 atom stereocenters. The highest BCUT2D eigenvalue weighted by Crippen LogP contribution is 2.60. The van der Waals surface area contributed by atoms with E-state index in [4.69, 9.17) is 15.9 Å². The quantitative estimate of drug-likeness (QED) is 0.374. The van der Waals surface area contributed by atoms with Gasteiger partial charge in [0, 0.05) is 6.42 Å². The van der Waals surface area contributed by atoms with Gasteiger partial charge < -0.3 is 15.9 Å². The van der Waals surface area contributed by atoms with Crippen LogP contribution in [0.5, 0.6) is 0 Å². The molecule has 3 nitrogen and oxygen atoms in total. The summed E-state index contributed by atoms with van der Waals surface area (Å²) >= 11 is 0. The number of rotatable bonds is 9. The van der Waals surface area contributed by atoms with E-state index >= 15 is 0 Å². The third-order valence-electron chi connectivity index (χ3n) is 3.36. The molecule has 28 heavy (non-hydrogen) atoms. The summed E-state index contributed by atoms with van der Waals surface area (Å²) in [6.45, 7) is -0.963. The summed E-state index contributed by atoms with van der Waals surface area (Å²) in [6, 6.07) is -1.55. The van der Waals surface area contributed by atoms with Gasteiger partial charge in [-0.1, -0.05) is 12.2 Å². The van der Waals surface area contributed by atoms with Gasteiger partial charge in [-0.25, -0.2) is 0 Å². The summed E-state index contributed by atoms with van der Waals surface area (Å²) in [5.74, 6) is -37.2. The van der Waals surface area contributed by atoms with E-state index in [2.05, 4.69) is 0 Å². The summed E-state index contributed by atoms with van der Waals surface area (Å²) in [5, 5.41) is 17.6. The second kappa shape index (κ2) is 7.85. The number of aliphatic hydroxyl groups excluding tert-OH is 2. The van der Waals surface area contributed by atoms with E-state index in [0.29, 0.717) is 0 Å². The maximum Gasteiger partial charge on any atom is 0.460 e. The molecule has 0 unspecified atom stereocenters. The molecule has 0 saturated carbocycles. The molecule has 0 heterocycles. The van der Waals surface area contributed by atoms with E-state index in [0.717, 1.165) is 0 Å². The molecule has 0 spiro atoms. The number of halogens is 13. The van der Waals surface area contributed by atoms with E-state index in [1.165, 1.54) is 0 Å². The number of aliphatic hydroxyl groups is 2. The zero-order valence-electron chi connectivity index (χ0n) is 13.1. The molecule has 0 aromatic rings. The van der Waals surface area contributed by atoms with E-state index in [1.54, 1.807) is 0 Å². The minimum absolute atomic E-state index is 0.158. The van der Waals surface area contributed by atoms with Crippen molar-refractivity contribution in [2.75, 3.05) is 6.61 Å². The van der Waals surface area contributed by atoms with Gasteiger partial charge in [0.2, 0.25) is 0 Å². The molecule has 0 radical (unpaired) electrons. The Balaban J connectivity index is 5.89. The van der Waals surface area contributed by atoms with Gasteiger partial charge in [-0.2, -0.15) is 57.1 Å². The van der Waals surface area contributed by atoms with Crippen LogP contribution in [0.15, 0.2) is 12.2 Å². The van der Waals surface area contributed by atoms with Crippen LogP contribution in [-0.4, -0.2) is 64.8 Å². The Bertz CT molecular complexity index is 558. The normalized spacial score (nSPS) is 17.9. The molecule has 168 valence electrons. The Labute approximate surface area is 147 Å². The van der Waals surface area contributed by atoms with Crippen LogP contribution in [0.3, 0.4) is 0 Å². The molecule has 0 bridgehead atoms. The largest absolute Gasteiger partial charge is 0.460 e.